The van der Waals surface area contributed by atoms with Crippen LogP contribution in [0.1, 0.15) is 25.7 Å². The van der Waals surface area contributed by atoms with Crippen molar-refractivity contribution in [1.29, 1.82) is 0 Å². The minimum Gasteiger partial charge on any atom is -0.378 e. The van der Waals surface area contributed by atoms with Crippen molar-refractivity contribution in [2.24, 2.45) is 0 Å². The molecule has 0 aromatic carbocycles. The first-order chi connectivity index (χ1) is 4.95. The summed E-state index contributed by atoms with van der Waals surface area (Å²) in [4.78, 5) is 0. The van der Waals surface area contributed by atoms with Gasteiger partial charge in [0, 0.05) is 6.61 Å². The lowest BCUT2D eigenvalue weighted by Gasteiger charge is -2.05. The van der Waals surface area contributed by atoms with Gasteiger partial charge in [-0.25, -0.2) is 0 Å². The highest BCUT2D eigenvalue weighted by molar-refractivity contribution is 4.73. The van der Waals surface area contributed by atoms with Gasteiger partial charge in [0.25, 0.3) is 0 Å². The lowest BCUT2D eigenvalue weighted by Crippen LogP contribution is -2.05. The van der Waals surface area contributed by atoms with Crippen molar-refractivity contribution in [3.05, 3.63) is 0 Å². The second-order valence-electron chi connectivity index (χ2n) is 3.17. The molecule has 2 unspecified atom stereocenters. The lowest BCUT2D eigenvalue weighted by atomic mass is 10.1. The Labute approximate surface area is 61.5 Å². The molecule has 0 saturated carbocycles. The van der Waals surface area contributed by atoms with E-state index >= 15 is 0 Å². The van der Waals surface area contributed by atoms with E-state index in [9.17, 15) is 0 Å². The van der Waals surface area contributed by atoms with Crippen molar-refractivity contribution in [1.82, 2.24) is 0 Å². The summed E-state index contributed by atoms with van der Waals surface area (Å²) in [6, 6.07) is 0. The monoisotopic (exact) mass is 142 g/mol. The first-order valence-corrected chi connectivity index (χ1v) is 4.18. The molecule has 0 N–H and O–H groups in total. The quantitative estimate of drug-likeness (QED) is 0.555. The highest BCUT2D eigenvalue weighted by atomic mass is 16.6. The van der Waals surface area contributed by atoms with E-state index in [1.807, 2.05) is 0 Å². The molecular weight excluding hydrogens is 128 g/mol. The molecule has 0 spiro atoms. The van der Waals surface area contributed by atoms with Crippen LogP contribution in [-0.2, 0) is 9.47 Å². The van der Waals surface area contributed by atoms with Crippen LogP contribution in [0.4, 0.5) is 0 Å². The van der Waals surface area contributed by atoms with Crippen LogP contribution >= 0.6 is 0 Å². The third-order valence-electron chi connectivity index (χ3n) is 2.24. The molecule has 2 aliphatic rings. The molecule has 10 heavy (non-hydrogen) atoms. The first kappa shape index (κ1) is 6.62. The van der Waals surface area contributed by atoms with Crippen molar-refractivity contribution in [2.75, 3.05) is 13.2 Å². The van der Waals surface area contributed by atoms with Crippen LogP contribution in [0.3, 0.4) is 0 Å². The lowest BCUT2D eigenvalue weighted by molar-refractivity contribution is 0.100. The minimum atomic E-state index is 0.559. The summed E-state index contributed by atoms with van der Waals surface area (Å²) < 4.78 is 10.6. The number of rotatable bonds is 3. The van der Waals surface area contributed by atoms with Crippen LogP contribution < -0.4 is 0 Å². The molecule has 0 aromatic rings. The van der Waals surface area contributed by atoms with E-state index in [1.54, 1.807) is 0 Å². The normalized spacial score (nSPS) is 38.4. The van der Waals surface area contributed by atoms with E-state index in [1.165, 1.54) is 25.7 Å². The molecule has 0 aromatic heterocycles. The second-order valence-corrected chi connectivity index (χ2v) is 3.17. The summed E-state index contributed by atoms with van der Waals surface area (Å²) in [6.07, 6.45) is 6.10. The van der Waals surface area contributed by atoms with Crippen molar-refractivity contribution in [2.45, 2.75) is 37.9 Å². The van der Waals surface area contributed by atoms with Gasteiger partial charge >= 0.3 is 0 Å². The van der Waals surface area contributed by atoms with Gasteiger partial charge in [-0.1, -0.05) is 0 Å². The Morgan fingerprint density at radius 3 is 2.50 bits per heavy atom. The summed E-state index contributed by atoms with van der Waals surface area (Å²) >= 11 is 0. The van der Waals surface area contributed by atoms with Gasteiger partial charge in [-0.2, -0.15) is 0 Å². The Hall–Kier alpha value is -0.0800. The van der Waals surface area contributed by atoms with Gasteiger partial charge < -0.3 is 9.47 Å². The topological polar surface area (TPSA) is 21.8 Å². The molecular formula is C8H14O2. The fourth-order valence-electron chi connectivity index (χ4n) is 1.48. The summed E-state index contributed by atoms with van der Waals surface area (Å²) in [5, 5.41) is 0. The van der Waals surface area contributed by atoms with Crippen molar-refractivity contribution >= 4 is 0 Å². The van der Waals surface area contributed by atoms with E-state index in [2.05, 4.69) is 0 Å². The van der Waals surface area contributed by atoms with Crippen molar-refractivity contribution < 1.29 is 9.47 Å². The fraction of sp³-hybridized carbons (Fsp3) is 1.00. The third kappa shape index (κ3) is 1.70. The molecule has 2 rings (SSSR count). The van der Waals surface area contributed by atoms with Crippen molar-refractivity contribution in [3.63, 3.8) is 0 Å². The molecule has 2 heterocycles. The number of hydrogen-bond acceptors (Lipinski definition) is 2. The summed E-state index contributed by atoms with van der Waals surface area (Å²) in [5.41, 5.74) is 0. The standard InChI is InChI=1S/C8H14O2/c1-2-7(9-5-1)3-4-8-6-10-8/h7-8H,1-6H2. The molecule has 0 aliphatic carbocycles. The minimum absolute atomic E-state index is 0.559. The Kier molecular flexibility index (Phi) is 1.91. The van der Waals surface area contributed by atoms with Crippen LogP contribution in [-0.4, -0.2) is 25.4 Å². The van der Waals surface area contributed by atoms with Gasteiger partial charge in [-0.15, -0.1) is 0 Å². The van der Waals surface area contributed by atoms with Gasteiger partial charge in [0.2, 0.25) is 0 Å². The maximum Gasteiger partial charge on any atom is 0.0810 e. The van der Waals surface area contributed by atoms with Crippen LogP contribution in [0.2, 0.25) is 0 Å². The SMILES string of the molecule is C1COC(CCC2CO2)C1. The fourth-order valence-corrected chi connectivity index (χ4v) is 1.48. The van der Waals surface area contributed by atoms with Gasteiger partial charge in [0.1, 0.15) is 0 Å². The largest absolute Gasteiger partial charge is 0.378 e. The smallest absolute Gasteiger partial charge is 0.0810 e. The maximum atomic E-state index is 5.48. The summed E-state index contributed by atoms with van der Waals surface area (Å²) in [7, 11) is 0. The Morgan fingerprint density at radius 1 is 1.10 bits per heavy atom. The summed E-state index contributed by atoms with van der Waals surface area (Å²) in [6.45, 7) is 1.98. The molecule has 2 aliphatic heterocycles. The van der Waals surface area contributed by atoms with Gasteiger partial charge in [0.05, 0.1) is 18.8 Å². The van der Waals surface area contributed by atoms with Crippen LogP contribution in [0, 0.1) is 0 Å². The molecule has 2 fully saturated rings. The molecule has 0 radical (unpaired) electrons. The van der Waals surface area contributed by atoms with Crippen LogP contribution in [0.25, 0.3) is 0 Å². The number of ether oxygens (including phenoxy) is 2. The van der Waals surface area contributed by atoms with Gasteiger partial charge in [-0.3, -0.25) is 0 Å². The second kappa shape index (κ2) is 2.89. The molecule has 0 amide bonds. The third-order valence-corrected chi connectivity index (χ3v) is 2.24. The average Bonchev–Trinajstić information content (AvgIpc) is 2.63. The molecule has 2 atom stereocenters. The zero-order valence-electron chi connectivity index (χ0n) is 6.21. The molecule has 2 heteroatoms. The van der Waals surface area contributed by atoms with E-state index in [0.29, 0.717) is 12.2 Å². The van der Waals surface area contributed by atoms with E-state index in [-0.39, 0.29) is 0 Å². The van der Waals surface area contributed by atoms with Gasteiger partial charge in [0.15, 0.2) is 0 Å². The highest BCUT2D eigenvalue weighted by Gasteiger charge is 2.24. The first-order valence-electron chi connectivity index (χ1n) is 4.18. The van der Waals surface area contributed by atoms with Crippen LogP contribution in [0.15, 0.2) is 0 Å². The molecule has 2 saturated heterocycles. The Bertz CT molecular complexity index is 104. The van der Waals surface area contributed by atoms with Crippen molar-refractivity contribution in [3.8, 4) is 0 Å². The molecule has 58 valence electrons. The van der Waals surface area contributed by atoms with Crippen LogP contribution in [0.5, 0.6) is 0 Å². The number of epoxide rings is 1. The molecule has 2 nitrogen and oxygen atoms in total. The summed E-state index contributed by atoms with van der Waals surface area (Å²) in [5.74, 6) is 0. The Morgan fingerprint density at radius 2 is 1.90 bits per heavy atom. The predicted molar refractivity (Wildman–Crippen MR) is 37.9 cm³/mol. The average molecular weight is 142 g/mol. The van der Waals surface area contributed by atoms with E-state index < -0.39 is 0 Å². The highest BCUT2D eigenvalue weighted by Crippen LogP contribution is 2.22. The maximum absolute atomic E-state index is 5.48. The van der Waals surface area contributed by atoms with E-state index in [0.717, 1.165) is 13.2 Å². The van der Waals surface area contributed by atoms with E-state index in [4.69, 9.17) is 9.47 Å². The zero-order chi connectivity index (χ0) is 6.81. The zero-order valence-corrected chi connectivity index (χ0v) is 6.21. The number of hydrogen-bond donors (Lipinski definition) is 0. The Balaban J connectivity index is 1.59. The molecule has 0 bridgehead atoms. The van der Waals surface area contributed by atoms with Gasteiger partial charge in [-0.05, 0) is 25.7 Å². The predicted octanol–water partition coefficient (Wildman–Crippen LogP) is 1.34.